The minimum absolute atomic E-state index is 0.381. The van der Waals surface area contributed by atoms with Crippen molar-refractivity contribution < 1.29 is 9.47 Å². The van der Waals surface area contributed by atoms with Gasteiger partial charge in [0.25, 0.3) is 0 Å². The smallest absolute Gasteiger partial charge is 0.163 e. The first-order valence-electron chi connectivity index (χ1n) is 8.05. The molecular weight excluding hydrogens is 320 g/mol. The summed E-state index contributed by atoms with van der Waals surface area (Å²) in [5.41, 5.74) is 1.54. The summed E-state index contributed by atoms with van der Waals surface area (Å²) in [6.45, 7) is 1.80. The zero-order valence-electron chi connectivity index (χ0n) is 13.5. The molecule has 0 radical (unpaired) electrons. The van der Waals surface area contributed by atoms with Crippen LogP contribution in [0.5, 0.6) is 11.5 Å². The van der Waals surface area contributed by atoms with E-state index < -0.39 is 0 Å². The molecule has 1 N–H and O–H groups in total. The lowest BCUT2D eigenvalue weighted by atomic mass is 10.2. The van der Waals surface area contributed by atoms with Crippen LogP contribution in [0.2, 0.25) is 0 Å². The molecule has 0 atom stereocenters. The quantitative estimate of drug-likeness (QED) is 0.782. The fourth-order valence-electron chi connectivity index (χ4n) is 2.69. The molecule has 0 aliphatic carbocycles. The molecular formula is C17H16N6O2. The van der Waals surface area contributed by atoms with Crippen LogP contribution in [0.15, 0.2) is 30.7 Å². The van der Waals surface area contributed by atoms with Crippen LogP contribution in [-0.4, -0.2) is 33.0 Å². The van der Waals surface area contributed by atoms with Gasteiger partial charge in [-0.15, -0.1) is 0 Å². The number of anilines is 2. The lowest BCUT2D eigenvalue weighted by molar-refractivity contribution is 0.297. The van der Waals surface area contributed by atoms with Crippen LogP contribution in [0.4, 0.5) is 11.5 Å². The predicted octanol–water partition coefficient (Wildman–Crippen LogP) is 2.64. The van der Waals surface area contributed by atoms with Crippen LogP contribution in [0.25, 0.3) is 11.0 Å². The molecule has 3 heterocycles. The van der Waals surface area contributed by atoms with Gasteiger partial charge in [-0.3, -0.25) is 0 Å². The highest BCUT2D eigenvalue weighted by molar-refractivity contribution is 5.88. The Bertz CT molecular complexity index is 946. The Labute approximate surface area is 144 Å². The first kappa shape index (κ1) is 15.2. The number of nitriles is 1. The van der Waals surface area contributed by atoms with Crippen molar-refractivity contribution in [1.29, 1.82) is 5.26 Å². The van der Waals surface area contributed by atoms with E-state index in [0.717, 1.165) is 29.0 Å². The molecule has 126 valence electrons. The summed E-state index contributed by atoms with van der Waals surface area (Å²) in [5.74, 6) is 2.13. The van der Waals surface area contributed by atoms with Gasteiger partial charge in [0.15, 0.2) is 17.1 Å². The van der Waals surface area contributed by atoms with Crippen molar-refractivity contribution in [2.45, 2.75) is 19.4 Å². The lowest BCUT2D eigenvalue weighted by Gasteiger charge is -2.11. The fraction of sp³-hybridized carbons (Fsp3) is 0.294. The molecule has 8 nitrogen and oxygen atoms in total. The van der Waals surface area contributed by atoms with Crippen LogP contribution in [0, 0.1) is 11.3 Å². The molecule has 2 aromatic heterocycles. The van der Waals surface area contributed by atoms with Gasteiger partial charge in [-0.05, 0) is 12.1 Å². The molecule has 0 bridgehead atoms. The molecule has 0 saturated heterocycles. The third-order valence-corrected chi connectivity index (χ3v) is 3.88. The third kappa shape index (κ3) is 3.04. The fourth-order valence-corrected chi connectivity index (χ4v) is 2.69. The van der Waals surface area contributed by atoms with Crippen LogP contribution in [0.3, 0.4) is 0 Å². The Morgan fingerprint density at radius 2 is 2.08 bits per heavy atom. The van der Waals surface area contributed by atoms with E-state index in [1.807, 2.05) is 18.2 Å². The predicted molar refractivity (Wildman–Crippen MR) is 90.9 cm³/mol. The number of rotatable bonds is 4. The second-order valence-corrected chi connectivity index (χ2v) is 5.57. The standard InChI is InChI=1S/C17H16N6O2/c18-5-1-6-23-17-13(10-21-23)16(19-11-20-17)22-12-3-4-14-15(9-12)25-8-2-7-24-14/h3-4,9-11H,1-2,6-8H2,(H,19,20,22). The summed E-state index contributed by atoms with van der Waals surface area (Å²) in [6.07, 6.45) is 4.44. The van der Waals surface area contributed by atoms with Crippen molar-refractivity contribution in [2.75, 3.05) is 18.5 Å². The summed E-state index contributed by atoms with van der Waals surface area (Å²) in [4.78, 5) is 8.59. The van der Waals surface area contributed by atoms with Crippen molar-refractivity contribution in [3.8, 4) is 17.6 Å². The van der Waals surface area contributed by atoms with Gasteiger partial charge in [0.2, 0.25) is 0 Å². The zero-order chi connectivity index (χ0) is 17.1. The highest BCUT2D eigenvalue weighted by atomic mass is 16.5. The van der Waals surface area contributed by atoms with Gasteiger partial charge in [-0.1, -0.05) is 0 Å². The number of hydrogen-bond donors (Lipinski definition) is 1. The zero-order valence-corrected chi connectivity index (χ0v) is 13.5. The van der Waals surface area contributed by atoms with E-state index in [1.165, 1.54) is 6.33 Å². The summed E-state index contributed by atoms with van der Waals surface area (Å²) >= 11 is 0. The SMILES string of the molecule is N#CCCn1ncc2c(Nc3ccc4c(c3)OCCCO4)ncnc21. The summed E-state index contributed by atoms with van der Waals surface area (Å²) < 4.78 is 13.1. The molecule has 0 spiro atoms. The van der Waals surface area contributed by atoms with Crippen LogP contribution >= 0.6 is 0 Å². The second kappa shape index (κ2) is 6.65. The molecule has 0 saturated carbocycles. The van der Waals surface area contributed by atoms with Crippen molar-refractivity contribution in [2.24, 2.45) is 0 Å². The Morgan fingerprint density at radius 3 is 2.96 bits per heavy atom. The Hall–Kier alpha value is -3.34. The highest BCUT2D eigenvalue weighted by Crippen LogP contribution is 2.33. The van der Waals surface area contributed by atoms with Crippen LogP contribution in [-0.2, 0) is 6.54 Å². The Kier molecular flexibility index (Phi) is 4.04. The van der Waals surface area contributed by atoms with Crippen molar-refractivity contribution in [3.05, 3.63) is 30.7 Å². The molecule has 1 aliphatic heterocycles. The minimum atomic E-state index is 0.381. The molecule has 8 heteroatoms. The Morgan fingerprint density at radius 1 is 1.20 bits per heavy atom. The van der Waals surface area contributed by atoms with Crippen molar-refractivity contribution in [3.63, 3.8) is 0 Å². The van der Waals surface area contributed by atoms with Gasteiger partial charge in [-0.25, -0.2) is 14.6 Å². The van der Waals surface area contributed by atoms with Gasteiger partial charge in [0, 0.05) is 18.2 Å². The number of nitrogens with zero attached hydrogens (tertiary/aromatic N) is 5. The first-order valence-corrected chi connectivity index (χ1v) is 8.05. The molecule has 4 rings (SSSR count). The maximum atomic E-state index is 8.75. The molecule has 3 aromatic rings. The van der Waals surface area contributed by atoms with E-state index in [2.05, 4.69) is 26.5 Å². The van der Waals surface area contributed by atoms with Gasteiger partial charge >= 0.3 is 0 Å². The Balaban J connectivity index is 1.64. The largest absolute Gasteiger partial charge is 0.490 e. The molecule has 1 aromatic carbocycles. The number of aryl methyl sites for hydroxylation is 1. The maximum Gasteiger partial charge on any atom is 0.163 e. The van der Waals surface area contributed by atoms with E-state index in [0.29, 0.717) is 37.6 Å². The highest BCUT2D eigenvalue weighted by Gasteiger charge is 2.13. The summed E-state index contributed by atoms with van der Waals surface area (Å²) in [6, 6.07) is 7.82. The molecule has 25 heavy (non-hydrogen) atoms. The van der Waals surface area contributed by atoms with Crippen LogP contribution in [0.1, 0.15) is 12.8 Å². The van der Waals surface area contributed by atoms with Gasteiger partial charge < -0.3 is 14.8 Å². The first-order chi connectivity index (χ1) is 12.3. The number of ether oxygens (including phenoxy) is 2. The number of aromatic nitrogens is 4. The average Bonchev–Trinajstić information content (AvgIpc) is 2.90. The number of benzene rings is 1. The summed E-state index contributed by atoms with van der Waals surface area (Å²) in [5, 5.41) is 17.1. The maximum absolute atomic E-state index is 8.75. The molecule has 1 aliphatic rings. The lowest BCUT2D eigenvalue weighted by Crippen LogP contribution is -2.01. The van der Waals surface area contributed by atoms with Gasteiger partial charge in [0.05, 0.1) is 43.8 Å². The van der Waals surface area contributed by atoms with E-state index in [1.54, 1.807) is 10.9 Å². The third-order valence-electron chi connectivity index (χ3n) is 3.88. The van der Waals surface area contributed by atoms with Gasteiger partial charge in [0.1, 0.15) is 12.1 Å². The normalized spacial score (nSPS) is 13.2. The number of hydrogen-bond acceptors (Lipinski definition) is 7. The summed E-state index contributed by atoms with van der Waals surface area (Å²) in [7, 11) is 0. The van der Waals surface area contributed by atoms with Crippen molar-refractivity contribution >= 4 is 22.5 Å². The molecule has 0 amide bonds. The van der Waals surface area contributed by atoms with E-state index in [4.69, 9.17) is 14.7 Å². The van der Waals surface area contributed by atoms with E-state index in [9.17, 15) is 0 Å². The molecule has 0 fully saturated rings. The van der Waals surface area contributed by atoms with Crippen molar-refractivity contribution in [1.82, 2.24) is 19.7 Å². The molecule has 0 unspecified atom stereocenters. The van der Waals surface area contributed by atoms with E-state index in [-0.39, 0.29) is 0 Å². The monoisotopic (exact) mass is 336 g/mol. The second-order valence-electron chi connectivity index (χ2n) is 5.57. The average molecular weight is 336 g/mol. The topological polar surface area (TPSA) is 97.9 Å². The minimum Gasteiger partial charge on any atom is -0.490 e. The van der Waals surface area contributed by atoms with Crippen LogP contribution < -0.4 is 14.8 Å². The van der Waals surface area contributed by atoms with E-state index >= 15 is 0 Å². The number of fused-ring (bicyclic) bond motifs is 2. The number of nitrogens with one attached hydrogen (secondary N) is 1. The van der Waals surface area contributed by atoms with Gasteiger partial charge in [-0.2, -0.15) is 10.4 Å².